The van der Waals surface area contributed by atoms with Crippen molar-refractivity contribution in [2.45, 2.75) is 57.9 Å². The molecule has 2 fully saturated rings. The predicted molar refractivity (Wildman–Crippen MR) is 72.0 cm³/mol. The molecule has 1 aliphatic heterocycles. The van der Waals surface area contributed by atoms with Crippen LogP contribution in [-0.2, 0) is 4.79 Å². The van der Waals surface area contributed by atoms with E-state index in [-0.39, 0.29) is 11.4 Å². The number of nitrogens with one attached hydrogen (secondary N) is 1. The van der Waals surface area contributed by atoms with Gasteiger partial charge in [0, 0.05) is 13.1 Å². The van der Waals surface area contributed by atoms with Crippen molar-refractivity contribution in [1.82, 2.24) is 10.2 Å². The molecule has 5 nitrogen and oxygen atoms in total. The first-order valence-electron chi connectivity index (χ1n) is 7.27. The van der Waals surface area contributed by atoms with E-state index in [4.69, 9.17) is 0 Å². The van der Waals surface area contributed by atoms with Crippen LogP contribution in [0.1, 0.15) is 52.4 Å². The molecule has 1 heterocycles. The first-order valence-corrected chi connectivity index (χ1v) is 7.27. The molecule has 2 N–H and O–H groups in total. The van der Waals surface area contributed by atoms with E-state index in [1.165, 1.54) is 0 Å². The molecule has 0 aromatic heterocycles. The minimum absolute atomic E-state index is 0.203. The number of hydrogen-bond donors (Lipinski definition) is 2. The van der Waals surface area contributed by atoms with Gasteiger partial charge in [0.25, 0.3) is 0 Å². The van der Waals surface area contributed by atoms with E-state index >= 15 is 0 Å². The van der Waals surface area contributed by atoms with E-state index in [0.29, 0.717) is 12.8 Å². The fourth-order valence-electron chi connectivity index (χ4n) is 3.14. The molecule has 2 aliphatic rings. The molecule has 0 unspecified atom stereocenters. The highest BCUT2D eigenvalue weighted by Gasteiger charge is 2.47. The van der Waals surface area contributed by atoms with E-state index in [2.05, 4.69) is 19.2 Å². The molecule has 0 aromatic rings. The number of urea groups is 1. The Morgan fingerprint density at radius 3 is 2.21 bits per heavy atom. The molecular weight excluding hydrogens is 244 g/mol. The van der Waals surface area contributed by atoms with Crippen LogP contribution in [0.15, 0.2) is 0 Å². The van der Waals surface area contributed by atoms with Crippen LogP contribution in [0.25, 0.3) is 0 Å². The van der Waals surface area contributed by atoms with Crippen molar-refractivity contribution in [1.29, 1.82) is 0 Å². The summed E-state index contributed by atoms with van der Waals surface area (Å²) in [4.78, 5) is 25.3. The lowest BCUT2D eigenvalue weighted by Crippen LogP contribution is -2.61. The molecule has 0 atom stereocenters. The Morgan fingerprint density at radius 1 is 1.21 bits per heavy atom. The molecule has 2 rings (SSSR count). The van der Waals surface area contributed by atoms with Gasteiger partial charge in [-0.3, -0.25) is 0 Å². The number of carboxylic acids is 1. The lowest BCUT2D eigenvalue weighted by molar-refractivity contribution is -0.148. The van der Waals surface area contributed by atoms with Gasteiger partial charge in [-0.1, -0.05) is 13.8 Å². The van der Waals surface area contributed by atoms with E-state index in [0.717, 1.165) is 38.8 Å². The highest BCUT2D eigenvalue weighted by Crippen LogP contribution is 2.38. The molecule has 1 saturated heterocycles. The molecule has 19 heavy (non-hydrogen) atoms. The summed E-state index contributed by atoms with van der Waals surface area (Å²) in [7, 11) is 0. The quantitative estimate of drug-likeness (QED) is 0.821. The minimum Gasteiger partial charge on any atom is -0.480 e. The molecule has 2 amide bonds. The summed E-state index contributed by atoms with van der Waals surface area (Å²) in [6, 6.07) is -0.203. The topological polar surface area (TPSA) is 69.6 Å². The Kier molecular flexibility index (Phi) is 3.74. The molecular formula is C14H24N2O3. The maximum atomic E-state index is 12.2. The van der Waals surface area contributed by atoms with Gasteiger partial charge in [-0.25, -0.2) is 9.59 Å². The van der Waals surface area contributed by atoms with Crippen LogP contribution in [0, 0.1) is 5.41 Å². The third-order valence-electron chi connectivity index (χ3n) is 5.19. The molecule has 0 spiro atoms. The van der Waals surface area contributed by atoms with Gasteiger partial charge < -0.3 is 15.3 Å². The maximum Gasteiger partial charge on any atom is 0.329 e. The van der Waals surface area contributed by atoms with Crippen LogP contribution in [0.5, 0.6) is 0 Å². The Bertz CT molecular complexity index is 373. The highest BCUT2D eigenvalue weighted by molar-refractivity contribution is 5.87. The SMILES string of the molecule is CCC1(CC)CCN(C(=O)NC2(C(=O)O)CCC2)C1. The zero-order valence-electron chi connectivity index (χ0n) is 11.9. The number of carbonyl (C=O) groups excluding carboxylic acids is 1. The summed E-state index contributed by atoms with van der Waals surface area (Å²) >= 11 is 0. The van der Waals surface area contributed by atoms with E-state index in [9.17, 15) is 14.7 Å². The van der Waals surface area contributed by atoms with Crippen molar-refractivity contribution in [2.24, 2.45) is 5.41 Å². The van der Waals surface area contributed by atoms with Crippen LogP contribution in [0.3, 0.4) is 0 Å². The molecule has 0 bridgehead atoms. The zero-order chi connectivity index (χ0) is 14.1. The molecule has 0 radical (unpaired) electrons. The Hall–Kier alpha value is -1.26. The van der Waals surface area contributed by atoms with Crippen molar-refractivity contribution in [3.8, 4) is 0 Å². The van der Waals surface area contributed by atoms with Gasteiger partial charge in [-0.2, -0.15) is 0 Å². The average molecular weight is 268 g/mol. The highest BCUT2D eigenvalue weighted by atomic mass is 16.4. The fourth-order valence-corrected chi connectivity index (χ4v) is 3.14. The van der Waals surface area contributed by atoms with Gasteiger partial charge >= 0.3 is 12.0 Å². The molecule has 0 aromatic carbocycles. The summed E-state index contributed by atoms with van der Waals surface area (Å²) in [6.07, 6.45) is 5.13. The summed E-state index contributed by atoms with van der Waals surface area (Å²) in [5, 5.41) is 12.0. The van der Waals surface area contributed by atoms with Crippen LogP contribution in [-0.4, -0.2) is 40.6 Å². The first-order chi connectivity index (χ1) is 8.97. The fraction of sp³-hybridized carbons (Fsp3) is 0.857. The number of hydrogen-bond acceptors (Lipinski definition) is 2. The number of likely N-dealkylation sites (tertiary alicyclic amines) is 1. The van der Waals surface area contributed by atoms with E-state index < -0.39 is 11.5 Å². The molecule has 1 aliphatic carbocycles. The van der Waals surface area contributed by atoms with Gasteiger partial charge in [-0.15, -0.1) is 0 Å². The summed E-state index contributed by atoms with van der Waals surface area (Å²) in [6.45, 7) is 5.82. The number of aliphatic carboxylic acids is 1. The maximum absolute atomic E-state index is 12.2. The Labute approximate surface area is 114 Å². The standard InChI is InChI=1S/C14H24N2O3/c1-3-13(4-2)8-9-16(10-13)12(19)15-14(11(17)18)6-5-7-14/h3-10H2,1-2H3,(H,15,19)(H,17,18). The van der Waals surface area contributed by atoms with Gasteiger partial charge in [0.2, 0.25) is 0 Å². The van der Waals surface area contributed by atoms with E-state index in [1.54, 1.807) is 4.90 Å². The molecule has 5 heteroatoms. The summed E-state index contributed by atoms with van der Waals surface area (Å²) < 4.78 is 0. The van der Waals surface area contributed by atoms with Crippen LogP contribution < -0.4 is 5.32 Å². The van der Waals surface area contributed by atoms with Crippen molar-refractivity contribution < 1.29 is 14.7 Å². The Morgan fingerprint density at radius 2 is 1.84 bits per heavy atom. The van der Waals surface area contributed by atoms with Gasteiger partial charge in [0.05, 0.1) is 0 Å². The number of amides is 2. The first kappa shape index (κ1) is 14.2. The van der Waals surface area contributed by atoms with Crippen molar-refractivity contribution in [3.05, 3.63) is 0 Å². The normalized spacial score (nSPS) is 23.8. The second-order valence-corrected chi connectivity index (χ2v) is 6.05. The largest absolute Gasteiger partial charge is 0.480 e. The third kappa shape index (κ3) is 2.42. The van der Waals surface area contributed by atoms with Crippen LogP contribution in [0.2, 0.25) is 0 Å². The van der Waals surface area contributed by atoms with E-state index in [1.807, 2.05) is 0 Å². The number of nitrogens with zero attached hydrogens (tertiary/aromatic N) is 1. The molecule has 108 valence electrons. The number of carboxylic acid groups (broad SMARTS) is 1. The minimum atomic E-state index is -0.999. The van der Waals surface area contributed by atoms with Crippen LogP contribution in [0.4, 0.5) is 4.79 Å². The zero-order valence-corrected chi connectivity index (χ0v) is 11.9. The lowest BCUT2D eigenvalue weighted by Gasteiger charge is -2.39. The average Bonchev–Trinajstić information content (AvgIpc) is 2.78. The van der Waals surface area contributed by atoms with Gasteiger partial charge in [-0.05, 0) is 43.9 Å². The van der Waals surface area contributed by atoms with Gasteiger partial charge in [0.1, 0.15) is 5.54 Å². The summed E-state index contributed by atoms with van der Waals surface area (Å²) in [5.41, 5.74) is -0.770. The van der Waals surface area contributed by atoms with Crippen LogP contribution >= 0.6 is 0 Å². The third-order valence-corrected chi connectivity index (χ3v) is 5.19. The predicted octanol–water partition coefficient (Wildman–Crippen LogP) is 2.22. The second kappa shape index (κ2) is 5.02. The smallest absolute Gasteiger partial charge is 0.329 e. The van der Waals surface area contributed by atoms with Crippen molar-refractivity contribution in [3.63, 3.8) is 0 Å². The lowest BCUT2D eigenvalue weighted by atomic mass is 9.77. The molecule has 1 saturated carbocycles. The number of carbonyl (C=O) groups is 2. The van der Waals surface area contributed by atoms with Crippen molar-refractivity contribution >= 4 is 12.0 Å². The van der Waals surface area contributed by atoms with Crippen molar-refractivity contribution in [2.75, 3.05) is 13.1 Å². The number of rotatable bonds is 4. The Balaban J connectivity index is 1.97. The monoisotopic (exact) mass is 268 g/mol. The summed E-state index contributed by atoms with van der Waals surface area (Å²) in [5.74, 6) is -0.899. The second-order valence-electron chi connectivity index (χ2n) is 6.05. The van der Waals surface area contributed by atoms with Gasteiger partial charge in [0.15, 0.2) is 0 Å².